The molecule has 3 aromatic rings. The maximum absolute atomic E-state index is 5.98. The summed E-state index contributed by atoms with van der Waals surface area (Å²) in [7, 11) is 1.72. The molecule has 0 spiro atoms. The molecule has 0 fully saturated rings. The second-order valence-corrected chi connectivity index (χ2v) is 7.02. The van der Waals surface area contributed by atoms with Crippen LogP contribution in [0, 0.1) is 0 Å². The molecule has 1 unspecified atom stereocenters. The van der Waals surface area contributed by atoms with Gasteiger partial charge in [-0.15, -0.1) is 11.3 Å². The van der Waals surface area contributed by atoms with Gasteiger partial charge in [-0.05, 0) is 36.0 Å². The van der Waals surface area contributed by atoms with Crippen LogP contribution >= 0.6 is 11.3 Å². The number of hydrogen-bond acceptors (Lipinski definition) is 3. The molecule has 0 amide bonds. The molecule has 0 aliphatic carbocycles. The summed E-state index contributed by atoms with van der Waals surface area (Å²) in [6.07, 6.45) is 0.902. The van der Waals surface area contributed by atoms with Crippen LogP contribution in [0.25, 0.3) is 11.1 Å². The number of hydrogen-bond donors (Lipinski definition) is 1. The van der Waals surface area contributed by atoms with Crippen molar-refractivity contribution in [3.8, 4) is 16.9 Å². The lowest BCUT2D eigenvalue weighted by atomic mass is 9.76. The third kappa shape index (κ3) is 2.97. The van der Waals surface area contributed by atoms with Crippen LogP contribution in [-0.4, -0.2) is 13.7 Å². The summed E-state index contributed by atoms with van der Waals surface area (Å²) in [6.45, 7) is 2.94. The topological polar surface area (TPSA) is 35.2 Å². The van der Waals surface area contributed by atoms with E-state index in [9.17, 15) is 0 Å². The minimum absolute atomic E-state index is 0.111. The molecule has 0 saturated carbocycles. The van der Waals surface area contributed by atoms with Gasteiger partial charge < -0.3 is 10.5 Å². The van der Waals surface area contributed by atoms with Crippen LogP contribution in [0.15, 0.2) is 66.0 Å². The van der Waals surface area contributed by atoms with E-state index >= 15 is 0 Å². The summed E-state index contributed by atoms with van der Waals surface area (Å²) < 4.78 is 5.58. The zero-order valence-corrected chi connectivity index (χ0v) is 15.0. The van der Waals surface area contributed by atoms with Gasteiger partial charge in [0.25, 0.3) is 0 Å². The summed E-state index contributed by atoms with van der Waals surface area (Å²) in [4.78, 5) is 1.34. The molecular formula is C21H23NOS. The van der Waals surface area contributed by atoms with Crippen molar-refractivity contribution in [2.75, 3.05) is 13.7 Å². The minimum atomic E-state index is -0.111. The van der Waals surface area contributed by atoms with E-state index in [-0.39, 0.29) is 5.41 Å². The van der Waals surface area contributed by atoms with Gasteiger partial charge in [0.2, 0.25) is 0 Å². The Morgan fingerprint density at radius 3 is 2.38 bits per heavy atom. The smallest absolute Gasteiger partial charge is 0.126 e. The Kier molecular flexibility index (Phi) is 5.03. The van der Waals surface area contributed by atoms with Crippen LogP contribution in [0.2, 0.25) is 0 Å². The number of nitrogens with two attached hydrogens (primary N) is 1. The molecule has 1 aromatic heterocycles. The maximum atomic E-state index is 5.98. The zero-order valence-electron chi connectivity index (χ0n) is 14.2. The van der Waals surface area contributed by atoms with Crippen LogP contribution in [0.5, 0.6) is 5.75 Å². The predicted octanol–water partition coefficient (Wildman–Crippen LogP) is 5.08. The van der Waals surface area contributed by atoms with Gasteiger partial charge in [-0.3, -0.25) is 0 Å². The van der Waals surface area contributed by atoms with Crippen molar-refractivity contribution in [1.29, 1.82) is 0 Å². The first-order valence-electron chi connectivity index (χ1n) is 8.17. The van der Waals surface area contributed by atoms with Gasteiger partial charge in [-0.2, -0.15) is 0 Å². The highest BCUT2D eigenvalue weighted by molar-refractivity contribution is 7.10. The molecular weight excluding hydrogens is 314 g/mol. The molecule has 24 heavy (non-hydrogen) atoms. The molecule has 2 aromatic carbocycles. The summed E-state index contributed by atoms with van der Waals surface area (Å²) >= 11 is 1.79. The second-order valence-electron chi connectivity index (χ2n) is 6.10. The third-order valence-corrected chi connectivity index (χ3v) is 5.80. The number of rotatable bonds is 6. The third-order valence-electron chi connectivity index (χ3n) is 4.62. The van der Waals surface area contributed by atoms with Crippen molar-refractivity contribution in [1.82, 2.24) is 0 Å². The SMILES string of the molecule is COc1ccccc1-c1ccsc1C(C)(CCN)c1ccccc1. The van der Waals surface area contributed by atoms with Crippen LogP contribution in [0.3, 0.4) is 0 Å². The second kappa shape index (κ2) is 7.20. The highest BCUT2D eigenvalue weighted by Gasteiger charge is 2.32. The fourth-order valence-electron chi connectivity index (χ4n) is 3.30. The molecule has 0 radical (unpaired) electrons. The number of thiophene rings is 1. The van der Waals surface area contributed by atoms with E-state index in [0.717, 1.165) is 17.7 Å². The Hall–Kier alpha value is -2.10. The molecule has 1 atom stereocenters. The Bertz CT molecular complexity index is 796. The Morgan fingerprint density at radius 2 is 1.67 bits per heavy atom. The van der Waals surface area contributed by atoms with Gasteiger partial charge in [0.05, 0.1) is 7.11 Å². The van der Waals surface area contributed by atoms with Crippen molar-refractivity contribution in [2.24, 2.45) is 5.73 Å². The fraction of sp³-hybridized carbons (Fsp3) is 0.238. The normalized spacial score (nSPS) is 13.5. The summed E-state index contributed by atoms with van der Waals surface area (Å²) in [6, 6.07) is 21.0. The van der Waals surface area contributed by atoms with Crippen molar-refractivity contribution < 1.29 is 4.74 Å². The van der Waals surface area contributed by atoms with E-state index in [1.165, 1.54) is 16.0 Å². The minimum Gasteiger partial charge on any atom is -0.496 e. The number of benzene rings is 2. The molecule has 0 saturated heterocycles. The summed E-state index contributed by atoms with van der Waals surface area (Å²) in [5, 5.41) is 2.16. The molecule has 1 heterocycles. The first-order valence-corrected chi connectivity index (χ1v) is 9.05. The first kappa shape index (κ1) is 16.7. The standard InChI is InChI=1S/C21H23NOS/c1-21(13-14-22,16-8-4-3-5-9-16)20-18(12-15-24-20)17-10-6-7-11-19(17)23-2/h3-12,15H,13-14,22H2,1-2H3. The first-order chi connectivity index (χ1) is 11.7. The van der Waals surface area contributed by atoms with E-state index in [2.05, 4.69) is 60.8 Å². The molecule has 3 rings (SSSR count). The van der Waals surface area contributed by atoms with Gasteiger partial charge in [-0.25, -0.2) is 0 Å². The van der Waals surface area contributed by atoms with Crippen molar-refractivity contribution in [3.05, 3.63) is 76.5 Å². The van der Waals surface area contributed by atoms with Gasteiger partial charge >= 0.3 is 0 Å². The van der Waals surface area contributed by atoms with Crippen LogP contribution in [-0.2, 0) is 5.41 Å². The van der Waals surface area contributed by atoms with Crippen molar-refractivity contribution in [2.45, 2.75) is 18.8 Å². The molecule has 2 nitrogen and oxygen atoms in total. The van der Waals surface area contributed by atoms with E-state index in [4.69, 9.17) is 10.5 Å². The largest absolute Gasteiger partial charge is 0.496 e. The zero-order chi connectivity index (χ0) is 17.0. The monoisotopic (exact) mass is 337 g/mol. The number of para-hydroxylation sites is 1. The maximum Gasteiger partial charge on any atom is 0.126 e. The van der Waals surface area contributed by atoms with Gasteiger partial charge in [0, 0.05) is 21.4 Å². The van der Waals surface area contributed by atoms with Gasteiger partial charge in [0.15, 0.2) is 0 Å². The highest BCUT2D eigenvalue weighted by Crippen LogP contribution is 2.45. The Labute approximate surface area is 147 Å². The van der Waals surface area contributed by atoms with E-state index in [0.29, 0.717) is 6.54 Å². The van der Waals surface area contributed by atoms with Crippen molar-refractivity contribution >= 4 is 11.3 Å². The lowest BCUT2D eigenvalue weighted by Gasteiger charge is -2.30. The van der Waals surface area contributed by atoms with Crippen molar-refractivity contribution in [3.63, 3.8) is 0 Å². The summed E-state index contributed by atoms with van der Waals surface area (Å²) in [5.41, 5.74) is 9.54. The highest BCUT2D eigenvalue weighted by atomic mass is 32.1. The Balaban J connectivity index is 2.17. The average molecular weight is 337 g/mol. The molecule has 0 aliphatic rings. The lowest BCUT2D eigenvalue weighted by Crippen LogP contribution is -2.26. The summed E-state index contributed by atoms with van der Waals surface area (Å²) in [5.74, 6) is 0.903. The van der Waals surface area contributed by atoms with E-state index in [1.807, 2.05) is 12.1 Å². The average Bonchev–Trinajstić information content (AvgIpc) is 3.13. The number of methoxy groups -OCH3 is 1. The quantitative estimate of drug-likeness (QED) is 0.681. The van der Waals surface area contributed by atoms with Crippen LogP contribution in [0.1, 0.15) is 23.8 Å². The molecule has 3 heteroatoms. The molecule has 0 bridgehead atoms. The lowest BCUT2D eigenvalue weighted by molar-refractivity contribution is 0.416. The molecule has 0 aliphatic heterocycles. The predicted molar refractivity (Wildman–Crippen MR) is 103 cm³/mol. The van der Waals surface area contributed by atoms with E-state index in [1.54, 1.807) is 18.4 Å². The van der Waals surface area contributed by atoms with Gasteiger partial charge in [0.1, 0.15) is 5.75 Å². The fourth-order valence-corrected chi connectivity index (χ4v) is 4.42. The van der Waals surface area contributed by atoms with Gasteiger partial charge in [-0.1, -0.05) is 55.5 Å². The Morgan fingerprint density at radius 1 is 0.958 bits per heavy atom. The number of ether oxygens (including phenoxy) is 1. The van der Waals surface area contributed by atoms with E-state index < -0.39 is 0 Å². The van der Waals surface area contributed by atoms with Crippen LogP contribution < -0.4 is 10.5 Å². The molecule has 2 N–H and O–H groups in total. The van der Waals surface area contributed by atoms with Crippen LogP contribution in [0.4, 0.5) is 0 Å². The molecule has 124 valence electrons.